The van der Waals surface area contributed by atoms with Gasteiger partial charge >= 0.3 is 0 Å². The number of aromatic nitrogens is 1. The molecule has 66 valence electrons. The number of hydrogen-bond donors (Lipinski definition) is 0. The molecule has 2 aromatic rings. The maximum absolute atomic E-state index is 5.83. The van der Waals surface area contributed by atoms with E-state index in [1.54, 1.807) is 0 Å². The maximum Gasteiger partial charge on any atom is 0.212 e. The molecule has 0 spiro atoms. The smallest absolute Gasteiger partial charge is 0.209 e. The third kappa shape index (κ3) is 2.02. The second kappa shape index (κ2) is 4.10. The predicted molar refractivity (Wildman–Crippen MR) is 57.6 cm³/mol. The first-order valence-corrected chi connectivity index (χ1v) is 4.64. The van der Waals surface area contributed by atoms with Crippen molar-refractivity contribution in [3.8, 4) is 0 Å². The standard InChI is InChI=1S/C12H11BN/c13-12-8-4-5-9-14(12)10-11-6-2-1-3-7-11/h1-9H,10H2/q+1. The van der Waals surface area contributed by atoms with Gasteiger partial charge in [0.15, 0.2) is 12.7 Å². The lowest BCUT2D eigenvalue weighted by Crippen LogP contribution is -2.49. The molecule has 14 heavy (non-hydrogen) atoms. The van der Waals surface area contributed by atoms with E-state index in [2.05, 4.69) is 12.1 Å². The van der Waals surface area contributed by atoms with Crippen LogP contribution in [-0.2, 0) is 6.54 Å². The topological polar surface area (TPSA) is 3.88 Å². The van der Waals surface area contributed by atoms with E-state index < -0.39 is 0 Å². The summed E-state index contributed by atoms with van der Waals surface area (Å²) in [4.78, 5) is 0. The molecule has 0 unspecified atom stereocenters. The Bertz CT molecular complexity index is 412. The summed E-state index contributed by atoms with van der Waals surface area (Å²) in [5, 5.41) is 0. The highest BCUT2D eigenvalue weighted by molar-refractivity contribution is 6.29. The number of pyridine rings is 1. The first kappa shape index (κ1) is 9.01. The summed E-state index contributed by atoms with van der Waals surface area (Å²) in [6.07, 6.45) is 1.99. The van der Waals surface area contributed by atoms with Crippen LogP contribution in [0.4, 0.5) is 0 Å². The third-order valence-electron chi connectivity index (χ3n) is 2.17. The maximum atomic E-state index is 5.83. The monoisotopic (exact) mass is 180 g/mol. The van der Waals surface area contributed by atoms with Crippen LogP contribution in [0.1, 0.15) is 5.56 Å². The van der Waals surface area contributed by atoms with Crippen molar-refractivity contribution < 1.29 is 4.57 Å². The van der Waals surface area contributed by atoms with Crippen LogP contribution in [0.3, 0.4) is 0 Å². The van der Waals surface area contributed by atoms with Gasteiger partial charge in [0.2, 0.25) is 7.85 Å². The van der Waals surface area contributed by atoms with Gasteiger partial charge in [0.25, 0.3) is 0 Å². The molecule has 0 atom stereocenters. The molecule has 2 heteroatoms. The van der Waals surface area contributed by atoms with Crippen molar-refractivity contribution in [2.45, 2.75) is 6.54 Å². The fourth-order valence-corrected chi connectivity index (χ4v) is 1.41. The van der Waals surface area contributed by atoms with Gasteiger partial charge in [-0.15, -0.1) is 0 Å². The van der Waals surface area contributed by atoms with Gasteiger partial charge in [0, 0.05) is 11.6 Å². The van der Waals surface area contributed by atoms with Crippen molar-refractivity contribution in [2.75, 3.05) is 0 Å². The molecular formula is C12H11BN+. The Morgan fingerprint density at radius 3 is 2.36 bits per heavy atom. The van der Waals surface area contributed by atoms with Gasteiger partial charge in [0.05, 0.1) is 0 Å². The second-order valence-electron chi connectivity index (χ2n) is 3.24. The van der Waals surface area contributed by atoms with Crippen LogP contribution in [0.15, 0.2) is 54.7 Å². The molecule has 1 aromatic heterocycles. The highest BCUT2D eigenvalue weighted by Crippen LogP contribution is 1.96. The summed E-state index contributed by atoms with van der Waals surface area (Å²) in [7, 11) is 5.83. The molecule has 0 aliphatic rings. The van der Waals surface area contributed by atoms with Crippen molar-refractivity contribution >= 4 is 13.4 Å². The molecule has 0 N–H and O–H groups in total. The molecule has 1 aromatic carbocycles. The van der Waals surface area contributed by atoms with Crippen molar-refractivity contribution in [1.29, 1.82) is 0 Å². The van der Waals surface area contributed by atoms with Gasteiger partial charge in [0.1, 0.15) is 5.59 Å². The minimum atomic E-state index is 0.788. The molecule has 0 bridgehead atoms. The van der Waals surface area contributed by atoms with E-state index in [1.807, 2.05) is 47.2 Å². The van der Waals surface area contributed by atoms with Crippen LogP contribution >= 0.6 is 0 Å². The molecule has 0 saturated heterocycles. The Balaban J connectivity index is 2.24. The molecule has 1 nitrogen and oxygen atoms in total. The molecule has 1 heterocycles. The first-order chi connectivity index (χ1) is 6.86. The lowest BCUT2D eigenvalue weighted by atomic mass is 10.0. The Morgan fingerprint density at radius 2 is 1.64 bits per heavy atom. The number of benzene rings is 1. The second-order valence-corrected chi connectivity index (χ2v) is 3.24. The van der Waals surface area contributed by atoms with Crippen molar-refractivity contribution in [3.63, 3.8) is 0 Å². The minimum absolute atomic E-state index is 0.788. The number of hydrogen-bond acceptors (Lipinski definition) is 0. The van der Waals surface area contributed by atoms with Crippen LogP contribution in [0.2, 0.25) is 0 Å². The van der Waals surface area contributed by atoms with Crippen molar-refractivity contribution in [2.24, 2.45) is 0 Å². The Hall–Kier alpha value is -1.57. The molecule has 0 aliphatic carbocycles. The Morgan fingerprint density at radius 1 is 0.929 bits per heavy atom. The van der Waals surface area contributed by atoms with E-state index in [0.717, 1.165) is 12.1 Å². The molecule has 2 radical (unpaired) electrons. The zero-order chi connectivity index (χ0) is 9.80. The van der Waals surface area contributed by atoms with Gasteiger partial charge in [-0.1, -0.05) is 36.4 Å². The summed E-state index contributed by atoms with van der Waals surface area (Å²) in [5.74, 6) is 0. The fraction of sp³-hybridized carbons (Fsp3) is 0.0833. The van der Waals surface area contributed by atoms with Gasteiger partial charge < -0.3 is 0 Å². The van der Waals surface area contributed by atoms with E-state index in [1.165, 1.54) is 5.56 Å². The van der Waals surface area contributed by atoms with Gasteiger partial charge in [-0.3, -0.25) is 0 Å². The molecular weight excluding hydrogens is 169 g/mol. The lowest BCUT2D eigenvalue weighted by Gasteiger charge is -2.00. The van der Waals surface area contributed by atoms with Crippen LogP contribution in [-0.4, -0.2) is 7.85 Å². The Kier molecular flexibility index (Phi) is 2.64. The van der Waals surface area contributed by atoms with Crippen LogP contribution < -0.4 is 10.2 Å². The highest BCUT2D eigenvalue weighted by Gasteiger charge is 2.03. The molecule has 2 rings (SSSR count). The average molecular weight is 180 g/mol. The summed E-state index contributed by atoms with van der Waals surface area (Å²) in [6, 6.07) is 16.1. The first-order valence-electron chi connectivity index (χ1n) is 4.64. The zero-order valence-corrected chi connectivity index (χ0v) is 7.93. The largest absolute Gasteiger partial charge is 0.212 e. The van der Waals surface area contributed by atoms with E-state index in [0.29, 0.717) is 0 Å². The van der Waals surface area contributed by atoms with Gasteiger partial charge in [-0.05, 0) is 6.07 Å². The Labute approximate surface area is 85.4 Å². The number of rotatable bonds is 2. The van der Waals surface area contributed by atoms with Crippen LogP contribution in [0.25, 0.3) is 0 Å². The zero-order valence-electron chi connectivity index (χ0n) is 7.93. The quantitative estimate of drug-likeness (QED) is 0.475. The van der Waals surface area contributed by atoms with E-state index in [4.69, 9.17) is 7.85 Å². The van der Waals surface area contributed by atoms with Crippen molar-refractivity contribution in [3.05, 3.63) is 60.3 Å². The van der Waals surface area contributed by atoms with Gasteiger partial charge in [-0.2, -0.15) is 0 Å². The minimum Gasteiger partial charge on any atom is -0.209 e. The summed E-state index contributed by atoms with van der Waals surface area (Å²) in [5.41, 5.74) is 2.05. The molecule has 0 aliphatic heterocycles. The van der Waals surface area contributed by atoms with Crippen LogP contribution in [0.5, 0.6) is 0 Å². The SMILES string of the molecule is [B]c1cccc[n+]1Cc1ccccc1. The molecule has 0 amide bonds. The van der Waals surface area contributed by atoms with E-state index in [9.17, 15) is 0 Å². The fourth-order valence-electron chi connectivity index (χ4n) is 1.41. The van der Waals surface area contributed by atoms with Crippen molar-refractivity contribution in [1.82, 2.24) is 0 Å². The predicted octanol–water partition coefficient (Wildman–Crippen LogP) is 0.816. The summed E-state index contributed by atoms with van der Waals surface area (Å²) >= 11 is 0. The summed E-state index contributed by atoms with van der Waals surface area (Å²) < 4.78 is 2.02. The summed E-state index contributed by atoms with van der Waals surface area (Å²) in [6.45, 7) is 0.827. The van der Waals surface area contributed by atoms with E-state index >= 15 is 0 Å². The highest BCUT2D eigenvalue weighted by atomic mass is 14.9. The lowest BCUT2D eigenvalue weighted by molar-refractivity contribution is -0.671. The van der Waals surface area contributed by atoms with E-state index in [-0.39, 0.29) is 0 Å². The molecule has 0 saturated carbocycles. The third-order valence-corrected chi connectivity index (χ3v) is 2.17. The number of nitrogens with zero attached hydrogens (tertiary/aromatic N) is 1. The average Bonchev–Trinajstić information content (AvgIpc) is 2.23. The molecule has 0 fully saturated rings. The normalized spacial score (nSPS) is 10.0. The van der Waals surface area contributed by atoms with Crippen LogP contribution in [0, 0.1) is 0 Å². The van der Waals surface area contributed by atoms with Gasteiger partial charge in [-0.25, -0.2) is 4.57 Å².